The molecule has 116 valence electrons. The molecule has 4 nitrogen and oxygen atoms in total. The Bertz CT molecular complexity index is 622. The van der Waals surface area contributed by atoms with Gasteiger partial charge in [-0.2, -0.15) is 0 Å². The first kappa shape index (κ1) is 15.9. The van der Waals surface area contributed by atoms with Gasteiger partial charge in [-0.1, -0.05) is 37.3 Å². The molecule has 2 aromatic rings. The summed E-state index contributed by atoms with van der Waals surface area (Å²) in [6, 6.07) is 14.6. The first-order valence-electron chi connectivity index (χ1n) is 7.31. The van der Waals surface area contributed by atoms with Gasteiger partial charge in [0.25, 0.3) is 0 Å². The number of rotatable bonds is 7. The summed E-state index contributed by atoms with van der Waals surface area (Å²) in [5, 5.41) is 9.23. The second-order valence-corrected chi connectivity index (χ2v) is 5.07. The lowest BCUT2D eigenvalue weighted by Crippen LogP contribution is -2.13. The molecule has 1 N–H and O–H groups in total. The molecular weight excluding hydrogens is 280 g/mol. The molecule has 22 heavy (non-hydrogen) atoms. The topological polar surface area (TPSA) is 55.8 Å². The molecule has 1 atom stereocenters. The fraction of sp³-hybridized carbons (Fsp3) is 0.278. The predicted molar refractivity (Wildman–Crippen MR) is 84.6 cm³/mol. The highest BCUT2D eigenvalue weighted by Crippen LogP contribution is 2.27. The number of hydrogen-bond donors (Lipinski definition) is 1. The zero-order valence-electron chi connectivity index (χ0n) is 12.8. The lowest BCUT2D eigenvalue weighted by molar-refractivity contribution is 0.0689. The summed E-state index contributed by atoms with van der Waals surface area (Å²) in [5.41, 5.74) is 1.20. The van der Waals surface area contributed by atoms with Gasteiger partial charge in [-0.15, -0.1) is 0 Å². The summed E-state index contributed by atoms with van der Waals surface area (Å²) in [7, 11) is 0. The summed E-state index contributed by atoms with van der Waals surface area (Å²) in [6.07, 6.45) is 0.746. The van der Waals surface area contributed by atoms with E-state index in [4.69, 9.17) is 9.47 Å². The molecule has 0 aliphatic heterocycles. The van der Waals surface area contributed by atoms with Crippen molar-refractivity contribution in [3.63, 3.8) is 0 Å². The van der Waals surface area contributed by atoms with E-state index in [1.165, 1.54) is 6.07 Å². The van der Waals surface area contributed by atoms with E-state index in [1.807, 2.05) is 44.2 Å². The van der Waals surface area contributed by atoms with Gasteiger partial charge in [0.05, 0.1) is 6.10 Å². The molecule has 0 saturated carbocycles. The molecule has 0 aromatic heterocycles. The van der Waals surface area contributed by atoms with Crippen LogP contribution < -0.4 is 9.47 Å². The van der Waals surface area contributed by atoms with Crippen molar-refractivity contribution in [3.05, 3.63) is 59.7 Å². The van der Waals surface area contributed by atoms with Crippen molar-refractivity contribution in [2.75, 3.05) is 0 Å². The maximum Gasteiger partial charge on any atom is 0.339 e. The van der Waals surface area contributed by atoms with Crippen molar-refractivity contribution in [1.82, 2.24) is 0 Å². The maximum absolute atomic E-state index is 11.3. The molecule has 0 heterocycles. The minimum atomic E-state index is -1.01. The maximum atomic E-state index is 11.3. The van der Waals surface area contributed by atoms with Gasteiger partial charge in [0.1, 0.15) is 23.7 Å². The number of ether oxygens (including phenoxy) is 2. The van der Waals surface area contributed by atoms with Gasteiger partial charge < -0.3 is 14.6 Å². The molecule has 2 aromatic carbocycles. The van der Waals surface area contributed by atoms with E-state index in [-0.39, 0.29) is 11.7 Å². The van der Waals surface area contributed by atoms with Gasteiger partial charge in [-0.05, 0) is 31.0 Å². The highest BCUT2D eigenvalue weighted by atomic mass is 16.5. The van der Waals surface area contributed by atoms with Crippen LogP contribution in [-0.4, -0.2) is 17.2 Å². The Hall–Kier alpha value is -2.49. The standard InChI is InChI=1S/C18H20O4/c1-3-13(2)22-17-11-15(9-10-16(17)18(19)20)21-12-14-7-5-4-6-8-14/h4-11,13H,3,12H2,1-2H3,(H,19,20). The minimum absolute atomic E-state index is 0.0533. The number of aromatic carboxylic acids is 1. The third-order valence-electron chi connectivity index (χ3n) is 3.33. The van der Waals surface area contributed by atoms with Crippen LogP contribution in [0, 0.1) is 0 Å². The Morgan fingerprint density at radius 1 is 1.18 bits per heavy atom. The highest BCUT2D eigenvalue weighted by molar-refractivity contribution is 5.91. The van der Waals surface area contributed by atoms with E-state index in [0.717, 1.165) is 12.0 Å². The summed E-state index contributed by atoms with van der Waals surface area (Å²) in [4.78, 5) is 11.3. The summed E-state index contributed by atoms with van der Waals surface area (Å²) < 4.78 is 11.4. The normalized spacial score (nSPS) is 11.7. The smallest absolute Gasteiger partial charge is 0.339 e. The molecule has 0 bridgehead atoms. The monoisotopic (exact) mass is 300 g/mol. The van der Waals surface area contributed by atoms with Crippen molar-refractivity contribution < 1.29 is 19.4 Å². The second-order valence-electron chi connectivity index (χ2n) is 5.07. The summed E-state index contributed by atoms with van der Waals surface area (Å²) >= 11 is 0. The fourth-order valence-corrected chi connectivity index (χ4v) is 1.91. The van der Waals surface area contributed by atoms with Crippen LogP contribution in [0.4, 0.5) is 0 Å². The lowest BCUT2D eigenvalue weighted by Gasteiger charge is -2.16. The molecule has 1 unspecified atom stereocenters. The quantitative estimate of drug-likeness (QED) is 0.835. The fourth-order valence-electron chi connectivity index (χ4n) is 1.91. The Morgan fingerprint density at radius 3 is 2.55 bits per heavy atom. The van der Waals surface area contributed by atoms with Crippen molar-refractivity contribution >= 4 is 5.97 Å². The van der Waals surface area contributed by atoms with Crippen LogP contribution in [0.15, 0.2) is 48.5 Å². The molecule has 0 radical (unpaired) electrons. The van der Waals surface area contributed by atoms with Gasteiger partial charge >= 0.3 is 5.97 Å². The van der Waals surface area contributed by atoms with Crippen LogP contribution in [0.2, 0.25) is 0 Å². The first-order chi connectivity index (χ1) is 10.6. The molecule has 0 aliphatic carbocycles. The van der Waals surface area contributed by atoms with Crippen molar-refractivity contribution in [2.24, 2.45) is 0 Å². The van der Waals surface area contributed by atoms with Crippen LogP contribution in [0.1, 0.15) is 36.2 Å². The molecule has 0 aliphatic rings. The van der Waals surface area contributed by atoms with Gasteiger partial charge in [0.15, 0.2) is 0 Å². The van der Waals surface area contributed by atoms with Gasteiger partial charge in [0, 0.05) is 6.07 Å². The van der Waals surface area contributed by atoms with E-state index in [9.17, 15) is 9.90 Å². The first-order valence-corrected chi connectivity index (χ1v) is 7.31. The van der Waals surface area contributed by atoms with Gasteiger partial charge in [0.2, 0.25) is 0 Å². The average molecular weight is 300 g/mol. The van der Waals surface area contributed by atoms with E-state index in [0.29, 0.717) is 18.1 Å². The average Bonchev–Trinajstić information content (AvgIpc) is 2.53. The molecule has 0 fully saturated rings. The van der Waals surface area contributed by atoms with E-state index >= 15 is 0 Å². The van der Waals surface area contributed by atoms with Crippen molar-refractivity contribution in [3.8, 4) is 11.5 Å². The lowest BCUT2D eigenvalue weighted by atomic mass is 10.2. The van der Waals surface area contributed by atoms with Crippen molar-refractivity contribution in [2.45, 2.75) is 33.0 Å². The number of carboxylic acid groups (broad SMARTS) is 1. The SMILES string of the molecule is CCC(C)Oc1cc(OCc2ccccc2)ccc1C(=O)O. The number of hydrogen-bond acceptors (Lipinski definition) is 3. The molecule has 0 spiro atoms. The third kappa shape index (κ3) is 4.25. The Balaban J connectivity index is 2.15. The highest BCUT2D eigenvalue weighted by Gasteiger charge is 2.14. The molecule has 0 saturated heterocycles. The molecule has 2 rings (SSSR count). The second kappa shape index (κ2) is 7.50. The van der Waals surface area contributed by atoms with Crippen LogP contribution in [0.3, 0.4) is 0 Å². The van der Waals surface area contributed by atoms with Crippen LogP contribution in [0.5, 0.6) is 11.5 Å². The van der Waals surface area contributed by atoms with Gasteiger partial charge in [-0.25, -0.2) is 4.79 Å². The Kier molecular flexibility index (Phi) is 5.42. The van der Waals surface area contributed by atoms with Crippen LogP contribution in [0.25, 0.3) is 0 Å². The molecule has 4 heteroatoms. The molecule has 0 amide bonds. The van der Waals surface area contributed by atoms with E-state index < -0.39 is 5.97 Å². The van der Waals surface area contributed by atoms with E-state index in [2.05, 4.69) is 0 Å². The Morgan fingerprint density at radius 2 is 1.91 bits per heavy atom. The zero-order valence-corrected chi connectivity index (χ0v) is 12.8. The predicted octanol–water partition coefficient (Wildman–Crippen LogP) is 4.14. The molecular formula is C18H20O4. The Labute approximate surface area is 130 Å². The number of carbonyl (C=O) groups is 1. The summed E-state index contributed by atoms with van der Waals surface area (Å²) in [6.45, 7) is 4.32. The summed E-state index contributed by atoms with van der Waals surface area (Å²) in [5.74, 6) is -0.0764. The van der Waals surface area contributed by atoms with E-state index in [1.54, 1.807) is 12.1 Å². The third-order valence-corrected chi connectivity index (χ3v) is 3.33. The zero-order chi connectivity index (χ0) is 15.9. The van der Waals surface area contributed by atoms with Crippen LogP contribution >= 0.6 is 0 Å². The number of carboxylic acids is 1. The van der Waals surface area contributed by atoms with Crippen molar-refractivity contribution in [1.29, 1.82) is 0 Å². The minimum Gasteiger partial charge on any atom is -0.490 e. The number of benzene rings is 2. The van der Waals surface area contributed by atoms with Crippen LogP contribution in [-0.2, 0) is 6.61 Å². The van der Waals surface area contributed by atoms with Gasteiger partial charge in [-0.3, -0.25) is 0 Å². The largest absolute Gasteiger partial charge is 0.490 e.